The van der Waals surface area contributed by atoms with Crippen molar-refractivity contribution in [2.45, 2.75) is 38.1 Å². The molecule has 0 amide bonds. The summed E-state index contributed by atoms with van der Waals surface area (Å²) < 4.78 is 0.846. The van der Waals surface area contributed by atoms with Gasteiger partial charge >= 0.3 is 0 Å². The first-order chi connectivity index (χ1) is 9.43. The predicted octanol–water partition coefficient (Wildman–Crippen LogP) is 2.58. The molecule has 0 bridgehead atoms. The fourth-order valence-electron chi connectivity index (χ4n) is 2.53. The number of carbonyl (C=O) groups excluding carboxylic acids is 1. The van der Waals surface area contributed by atoms with Crippen molar-refractivity contribution in [3.8, 4) is 0 Å². The number of anilines is 1. The normalized spacial score (nSPS) is 23.8. The van der Waals surface area contributed by atoms with Gasteiger partial charge in [-0.3, -0.25) is 4.79 Å². The van der Waals surface area contributed by atoms with Gasteiger partial charge in [0.15, 0.2) is 6.21 Å². The minimum atomic E-state index is -0.890. The first-order valence-electron chi connectivity index (χ1n) is 7.05. The lowest BCUT2D eigenvalue weighted by molar-refractivity contribution is -0.525. The molecule has 1 aromatic rings. The van der Waals surface area contributed by atoms with Crippen LogP contribution in [0.1, 0.15) is 38.2 Å². The van der Waals surface area contributed by atoms with Gasteiger partial charge in [0, 0.05) is 45.1 Å². The van der Waals surface area contributed by atoms with Crippen LogP contribution in [0.3, 0.4) is 0 Å². The Bertz CT molecular complexity index is 520. The fraction of sp³-hybridized carbons (Fsp3) is 0.500. The molecule has 1 aromatic carbocycles. The van der Waals surface area contributed by atoms with E-state index in [4.69, 9.17) is 0 Å². The standard InChI is InChI=1S/C16H22N2O2/c1-16(11-5-4-6-15(16)19)18(20)12-13-7-9-14(10-8-13)17(2)3/h7-10,12H,4-6,11H2,1-3H3/b18-12-/t16-/m1/s1. The third-order valence-corrected chi connectivity index (χ3v) is 4.08. The number of hydrogen-bond donors (Lipinski definition) is 0. The van der Waals surface area contributed by atoms with Crippen LogP contribution in [0.5, 0.6) is 0 Å². The Morgan fingerprint density at radius 3 is 2.45 bits per heavy atom. The van der Waals surface area contributed by atoms with Gasteiger partial charge < -0.3 is 10.1 Å². The van der Waals surface area contributed by atoms with Gasteiger partial charge in [0.2, 0.25) is 11.3 Å². The summed E-state index contributed by atoms with van der Waals surface area (Å²) in [5.41, 5.74) is 1.02. The van der Waals surface area contributed by atoms with E-state index in [0.29, 0.717) is 12.8 Å². The average molecular weight is 274 g/mol. The van der Waals surface area contributed by atoms with Crippen molar-refractivity contribution >= 4 is 17.7 Å². The summed E-state index contributed by atoms with van der Waals surface area (Å²) in [6, 6.07) is 7.73. The summed E-state index contributed by atoms with van der Waals surface area (Å²) in [6.07, 6.45) is 4.53. The van der Waals surface area contributed by atoms with E-state index in [1.165, 1.54) is 6.21 Å². The van der Waals surface area contributed by atoms with Crippen molar-refractivity contribution in [1.29, 1.82) is 0 Å². The van der Waals surface area contributed by atoms with Gasteiger partial charge in [-0.1, -0.05) is 0 Å². The van der Waals surface area contributed by atoms with Crippen LogP contribution in [0, 0.1) is 5.21 Å². The monoisotopic (exact) mass is 274 g/mol. The Labute approximate surface area is 120 Å². The number of nitrogens with zero attached hydrogens (tertiary/aromatic N) is 2. The van der Waals surface area contributed by atoms with E-state index >= 15 is 0 Å². The van der Waals surface area contributed by atoms with Gasteiger partial charge in [-0.2, -0.15) is 4.74 Å². The smallest absolute Gasteiger partial charge is 0.227 e. The van der Waals surface area contributed by atoms with E-state index in [9.17, 15) is 10.0 Å². The van der Waals surface area contributed by atoms with Crippen LogP contribution in [0.15, 0.2) is 24.3 Å². The van der Waals surface area contributed by atoms with Gasteiger partial charge in [0.1, 0.15) is 0 Å². The van der Waals surface area contributed by atoms with E-state index in [0.717, 1.165) is 28.8 Å². The number of carbonyl (C=O) groups is 1. The zero-order valence-electron chi connectivity index (χ0n) is 12.4. The third-order valence-electron chi connectivity index (χ3n) is 4.08. The fourth-order valence-corrected chi connectivity index (χ4v) is 2.53. The highest BCUT2D eigenvalue weighted by Gasteiger charge is 2.42. The molecule has 0 aliphatic heterocycles. The van der Waals surface area contributed by atoms with Crippen LogP contribution >= 0.6 is 0 Å². The quantitative estimate of drug-likeness (QED) is 0.368. The maximum absolute atomic E-state index is 12.3. The average Bonchev–Trinajstić information content (AvgIpc) is 2.42. The SMILES string of the molecule is CN(C)c1ccc(/C=[N+](\[O-])[C@]2(C)CCCCC2=O)cc1. The molecule has 1 aliphatic carbocycles. The summed E-state index contributed by atoms with van der Waals surface area (Å²) in [7, 11) is 3.95. The molecule has 0 saturated heterocycles. The molecule has 0 N–H and O–H groups in total. The Morgan fingerprint density at radius 2 is 1.90 bits per heavy atom. The molecule has 0 radical (unpaired) electrons. The predicted molar refractivity (Wildman–Crippen MR) is 81.4 cm³/mol. The van der Waals surface area contributed by atoms with Crippen molar-refractivity contribution in [3.63, 3.8) is 0 Å². The molecule has 0 heterocycles. The molecule has 0 unspecified atom stereocenters. The molecule has 20 heavy (non-hydrogen) atoms. The molecule has 1 saturated carbocycles. The zero-order valence-corrected chi connectivity index (χ0v) is 12.4. The van der Waals surface area contributed by atoms with E-state index in [2.05, 4.69) is 0 Å². The van der Waals surface area contributed by atoms with Crippen molar-refractivity contribution in [3.05, 3.63) is 35.0 Å². The molecule has 1 aliphatic rings. The van der Waals surface area contributed by atoms with E-state index in [1.54, 1.807) is 6.92 Å². The Hall–Kier alpha value is -1.84. The highest BCUT2D eigenvalue weighted by atomic mass is 16.5. The largest absolute Gasteiger partial charge is 0.623 e. The zero-order chi connectivity index (χ0) is 14.8. The Morgan fingerprint density at radius 1 is 1.25 bits per heavy atom. The van der Waals surface area contributed by atoms with Crippen LogP contribution in [-0.2, 0) is 4.79 Å². The lowest BCUT2D eigenvalue weighted by atomic mass is 9.82. The number of Topliss-reactive ketones (excluding diaryl/α,β-unsaturated/α-hetero) is 1. The number of ketones is 1. The highest BCUT2D eigenvalue weighted by Crippen LogP contribution is 2.27. The molecule has 1 atom stereocenters. The lowest BCUT2D eigenvalue weighted by Crippen LogP contribution is -2.46. The summed E-state index contributed by atoms with van der Waals surface area (Å²) >= 11 is 0. The topological polar surface area (TPSA) is 46.4 Å². The van der Waals surface area contributed by atoms with Gasteiger partial charge in [-0.05, 0) is 37.1 Å². The van der Waals surface area contributed by atoms with E-state index in [-0.39, 0.29) is 5.78 Å². The molecule has 0 aromatic heterocycles. The van der Waals surface area contributed by atoms with Gasteiger partial charge in [-0.15, -0.1) is 0 Å². The van der Waals surface area contributed by atoms with Crippen molar-refractivity contribution < 1.29 is 9.53 Å². The van der Waals surface area contributed by atoms with Crippen molar-refractivity contribution in [2.75, 3.05) is 19.0 Å². The number of rotatable bonds is 3. The van der Waals surface area contributed by atoms with Crippen LogP contribution in [0.4, 0.5) is 5.69 Å². The Balaban J connectivity index is 2.23. The second-order valence-corrected chi connectivity index (χ2v) is 5.84. The van der Waals surface area contributed by atoms with Crippen LogP contribution in [0.25, 0.3) is 0 Å². The maximum atomic E-state index is 12.3. The van der Waals surface area contributed by atoms with Gasteiger partial charge in [-0.25, -0.2) is 0 Å². The highest BCUT2D eigenvalue weighted by molar-refractivity contribution is 5.88. The summed E-state index contributed by atoms with van der Waals surface area (Å²) in [5.74, 6) is 0.0555. The molecule has 108 valence electrons. The molecule has 4 heteroatoms. The van der Waals surface area contributed by atoms with Crippen molar-refractivity contribution in [1.82, 2.24) is 0 Å². The summed E-state index contributed by atoms with van der Waals surface area (Å²) in [5, 5.41) is 12.3. The second kappa shape index (κ2) is 5.65. The Kier molecular flexibility index (Phi) is 4.12. The van der Waals surface area contributed by atoms with E-state index in [1.807, 2.05) is 43.3 Å². The molecule has 1 fully saturated rings. The molecule has 0 spiro atoms. The molecular formula is C16H22N2O2. The molecular weight excluding hydrogens is 252 g/mol. The lowest BCUT2D eigenvalue weighted by Gasteiger charge is -2.30. The van der Waals surface area contributed by atoms with E-state index < -0.39 is 5.54 Å². The summed E-state index contributed by atoms with van der Waals surface area (Å²) in [4.78, 5) is 14.0. The van der Waals surface area contributed by atoms with Crippen LogP contribution in [-0.4, -0.2) is 36.4 Å². The second-order valence-electron chi connectivity index (χ2n) is 5.84. The number of hydrogen-bond acceptors (Lipinski definition) is 3. The van der Waals surface area contributed by atoms with Crippen LogP contribution in [0.2, 0.25) is 0 Å². The minimum Gasteiger partial charge on any atom is -0.623 e. The third kappa shape index (κ3) is 2.84. The van der Waals surface area contributed by atoms with Gasteiger partial charge in [0.05, 0.1) is 0 Å². The molecule has 2 rings (SSSR count). The number of benzene rings is 1. The van der Waals surface area contributed by atoms with Crippen LogP contribution < -0.4 is 4.90 Å². The first kappa shape index (κ1) is 14.6. The van der Waals surface area contributed by atoms with Gasteiger partial charge in [0.25, 0.3) is 0 Å². The maximum Gasteiger partial charge on any atom is 0.227 e. The molecule has 4 nitrogen and oxygen atoms in total. The summed E-state index contributed by atoms with van der Waals surface area (Å²) in [6.45, 7) is 1.76. The van der Waals surface area contributed by atoms with Crippen molar-refractivity contribution in [2.24, 2.45) is 0 Å². The minimum absolute atomic E-state index is 0.0555. The first-order valence-corrected chi connectivity index (χ1v) is 7.05. The number of hydroxylamine groups is 1.